The van der Waals surface area contributed by atoms with Crippen LogP contribution in [0.25, 0.3) is 0 Å². The summed E-state index contributed by atoms with van der Waals surface area (Å²) in [6, 6.07) is 2.27. The summed E-state index contributed by atoms with van der Waals surface area (Å²) < 4.78 is 0. The number of rotatable bonds is 5. The van der Waals surface area contributed by atoms with Gasteiger partial charge in [-0.25, -0.2) is 4.79 Å². The predicted octanol–water partition coefficient (Wildman–Crippen LogP) is 0.133. The lowest BCUT2D eigenvalue weighted by Crippen LogP contribution is -2.39. The van der Waals surface area contributed by atoms with Gasteiger partial charge in [-0.15, -0.1) is 0 Å². The van der Waals surface area contributed by atoms with Crippen molar-refractivity contribution in [2.75, 3.05) is 0 Å². The molecule has 1 rings (SSSR count). The number of pyridine rings is 1. The minimum atomic E-state index is -1.02. The number of carbonyl (C=O) groups excluding carboxylic acids is 1. The van der Waals surface area contributed by atoms with Gasteiger partial charge >= 0.3 is 5.97 Å². The lowest BCUT2D eigenvalue weighted by Gasteiger charge is -2.09. The number of nitrogens with one attached hydrogen (secondary N) is 1. The third-order valence-corrected chi connectivity index (χ3v) is 2.28. The molecule has 6 heteroatoms. The first-order valence-corrected chi connectivity index (χ1v) is 5.26. The predicted molar refractivity (Wildman–Crippen MR) is 61.3 cm³/mol. The molecule has 6 nitrogen and oxygen atoms in total. The van der Waals surface area contributed by atoms with Crippen LogP contribution in [-0.4, -0.2) is 28.0 Å². The fourth-order valence-electron chi connectivity index (χ4n) is 1.20. The van der Waals surface area contributed by atoms with Gasteiger partial charge in [0.05, 0.1) is 23.8 Å². The van der Waals surface area contributed by atoms with Crippen molar-refractivity contribution < 1.29 is 14.7 Å². The molecule has 4 N–H and O–H groups in total. The molecule has 0 saturated carbocycles. The third kappa shape index (κ3) is 3.84. The summed E-state index contributed by atoms with van der Waals surface area (Å²) in [6.07, 6.45) is 1.94. The van der Waals surface area contributed by atoms with E-state index in [4.69, 9.17) is 10.8 Å². The minimum Gasteiger partial charge on any atom is -0.478 e. The van der Waals surface area contributed by atoms with Gasteiger partial charge < -0.3 is 16.2 Å². The number of nitrogens with two attached hydrogens (primary N) is 1. The zero-order valence-electron chi connectivity index (χ0n) is 9.51. The summed E-state index contributed by atoms with van der Waals surface area (Å²) >= 11 is 0. The summed E-state index contributed by atoms with van der Waals surface area (Å²) in [5, 5.41) is 11.4. The van der Waals surface area contributed by atoms with E-state index < -0.39 is 12.0 Å². The summed E-state index contributed by atoms with van der Waals surface area (Å²) in [6.45, 7) is 1.99. The number of nitrogens with zero attached hydrogens (tertiary/aromatic N) is 1. The Kier molecular flexibility index (Phi) is 4.59. The molecule has 1 heterocycles. The molecule has 0 spiro atoms. The molecular weight excluding hydrogens is 222 g/mol. The zero-order valence-corrected chi connectivity index (χ0v) is 9.51. The molecule has 1 amide bonds. The van der Waals surface area contributed by atoms with E-state index in [0.29, 0.717) is 12.1 Å². The molecule has 0 aromatic carbocycles. The van der Waals surface area contributed by atoms with Crippen molar-refractivity contribution in [3.05, 3.63) is 29.6 Å². The summed E-state index contributed by atoms with van der Waals surface area (Å²) in [7, 11) is 0. The highest BCUT2D eigenvalue weighted by atomic mass is 16.4. The van der Waals surface area contributed by atoms with Crippen LogP contribution in [0.5, 0.6) is 0 Å². The van der Waals surface area contributed by atoms with Crippen molar-refractivity contribution in [3.8, 4) is 0 Å². The molecule has 1 aromatic heterocycles. The molecule has 0 saturated heterocycles. The molecular formula is C11H15N3O3. The Morgan fingerprint density at radius 1 is 1.59 bits per heavy atom. The van der Waals surface area contributed by atoms with Gasteiger partial charge in [0.25, 0.3) is 0 Å². The van der Waals surface area contributed by atoms with Gasteiger partial charge in [0, 0.05) is 6.20 Å². The molecule has 1 aromatic rings. The smallest absolute Gasteiger partial charge is 0.335 e. The number of hydrogen-bond acceptors (Lipinski definition) is 4. The van der Waals surface area contributed by atoms with E-state index in [1.54, 1.807) is 0 Å². The zero-order chi connectivity index (χ0) is 12.8. The van der Waals surface area contributed by atoms with Crippen LogP contribution >= 0.6 is 0 Å². The van der Waals surface area contributed by atoms with Crippen LogP contribution in [0.15, 0.2) is 18.3 Å². The van der Waals surface area contributed by atoms with Gasteiger partial charge in [0.1, 0.15) is 0 Å². The van der Waals surface area contributed by atoms with Crippen LogP contribution in [0, 0.1) is 0 Å². The van der Waals surface area contributed by atoms with Crippen molar-refractivity contribution in [2.45, 2.75) is 25.9 Å². The van der Waals surface area contributed by atoms with E-state index in [1.807, 2.05) is 6.92 Å². The van der Waals surface area contributed by atoms with Crippen LogP contribution in [-0.2, 0) is 11.3 Å². The first-order chi connectivity index (χ1) is 8.04. The summed E-state index contributed by atoms with van der Waals surface area (Å²) in [4.78, 5) is 26.1. The normalized spacial score (nSPS) is 11.9. The van der Waals surface area contributed by atoms with E-state index >= 15 is 0 Å². The van der Waals surface area contributed by atoms with Gasteiger partial charge in [-0.1, -0.05) is 6.92 Å². The Morgan fingerprint density at radius 2 is 2.29 bits per heavy atom. The Hall–Kier alpha value is -1.95. The molecule has 17 heavy (non-hydrogen) atoms. The maximum Gasteiger partial charge on any atom is 0.335 e. The lowest BCUT2D eigenvalue weighted by molar-refractivity contribution is -0.122. The number of aromatic carboxylic acids is 1. The molecule has 1 atom stereocenters. The third-order valence-electron chi connectivity index (χ3n) is 2.28. The number of carboxylic acids is 1. The second kappa shape index (κ2) is 5.95. The summed E-state index contributed by atoms with van der Waals surface area (Å²) in [5.41, 5.74) is 6.16. The van der Waals surface area contributed by atoms with Crippen LogP contribution < -0.4 is 11.1 Å². The van der Waals surface area contributed by atoms with E-state index in [9.17, 15) is 9.59 Å². The second-order valence-electron chi connectivity index (χ2n) is 3.57. The van der Waals surface area contributed by atoms with Crippen molar-refractivity contribution in [3.63, 3.8) is 0 Å². The molecule has 0 fully saturated rings. The highest BCUT2D eigenvalue weighted by Gasteiger charge is 2.11. The maximum absolute atomic E-state index is 11.4. The first kappa shape index (κ1) is 13.1. The largest absolute Gasteiger partial charge is 0.478 e. The van der Waals surface area contributed by atoms with Crippen molar-refractivity contribution in [1.29, 1.82) is 0 Å². The van der Waals surface area contributed by atoms with E-state index in [1.165, 1.54) is 18.3 Å². The van der Waals surface area contributed by atoms with Crippen molar-refractivity contribution >= 4 is 11.9 Å². The number of aromatic nitrogens is 1. The molecule has 0 aliphatic carbocycles. The summed E-state index contributed by atoms with van der Waals surface area (Å²) in [5.74, 6) is -1.29. The first-order valence-electron chi connectivity index (χ1n) is 5.26. The van der Waals surface area contributed by atoms with Crippen LogP contribution in [0.4, 0.5) is 0 Å². The quantitative estimate of drug-likeness (QED) is 0.675. The second-order valence-corrected chi connectivity index (χ2v) is 3.57. The Labute approximate surface area is 98.8 Å². The van der Waals surface area contributed by atoms with Crippen LogP contribution in [0.2, 0.25) is 0 Å². The van der Waals surface area contributed by atoms with Crippen molar-refractivity contribution in [2.24, 2.45) is 5.73 Å². The number of carboxylic acid groups (broad SMARTS) is 1. The number of hydrogen-bond donors (Lipinski definition) is 3. The Morgan fingerprint density at radius 3 is 2.88 bits per heavy atom. The molecule has 0 radical (unpaired) electrons. The molecule has 92 valence electrons. The van der Waals surface area contributed by atoms with Crippen molar-refractivity contribution in [1.82, 2.24) is 10.3 Å². The topological polar surface area (TPSA) is 105 Å². The van der Waals surface area contributed by atoms with Gasteiger partial charge in [0.15, 0.2) is 0 Å². The van der Waals surface area contributed by atoms with Gasteiger partial charge in [-0.3, -0.25) is 9.78 Å². The molecule has 1 unspecified atom stereocenters. The number of carbonyl (C=O) groups is 2. The van der Waals surface area contributed by atoms with E-state index in [2.05, 4.69) is 10.3 Å². The van der Waals surface area contributed by atoms with Crippen LogP contribution in [0.3, 0.4) is 0 Å². The number of amides is 1. The fourth-order valence-corrected chi connectivity index (χ4v) is 1.20. The van der Waals surface area contributed by atoms with Gasteiger partial charge in [-0.05, 0) is 18.6 Å². The average molecular weight is 237 g/mol. The Bertz CT molecular complexity index is 420. The van der Waals surface area contributed by atoms with E-state index in [0.717, 1.165) is 0 Å². The van der Waals surface area contributed by atoms with Crippen LogP contribution in [0.1, 0.15) is 29.4 Å². The fraction of sp³-hybridized carbons (Fsp3) is 0.364. The molecule has 0 aliphatic heterocycles. The average Bonchev–Trinajstić information content (AvgIpc) is 2.35. The Balaban J connectivity index is 2.60. The molecule has 0 aliphatic rings. The van der Waals surface area contributed by atoms with E-state index in [-0.39, 0.29) is 18.0 Å². The van der Waals surface area contributed by atoms with Gasteiger partial charge in [0.2, 0.25) is 5.91 Å². The highest BCUT2D eigenvalue weighted by molar-refractivity contribution is 5.87. The lowest BCUT2D eigenvalue weighted by atomic mass is 10.2. The SMILES string of the molecule is CCC(N)C(=O)NCc1cc(C(=O)O)ccn1. The monoisotopic (exact) mass is 237 g/mol. The minimum absolute atomic E-state index is 0.143. The standard InChI is InChI=1S/C11H15N3O3/c1-2-9(12)10(15)14-6-8-5-7(11(16)17)3-4-13-8/h3-5,9H,2,6,12H2,1H3,(H,14,15)(H,16,17). The van der Waals surface area contributed by atoms with Gasteiger partial charge in [-0.2, -0.15) is 0 Å². The maximum atomic E-state index is 11.4. The highest BCUT2D eigenvalue weighted by Crippen LogP contribution is 2.01. The molecule has 0 bridgehead atoms.